The molecule has 1 rings (SSSR count). The number of rotatable bonds is 2. The number of nitriles is 1. The lowest BCUT2D eigenvalue weighted by atomic mass is 10.1. The molecule has 0 fully saturated rings. The summed E-state index contributed by atoms with van der Waals surface area (Å²) >= 11 is 6.04. The van der Waals surface area contributed by atoms with E-state index in [9.17, 15) is 4.79 Å². The first kappa shape index (κ1) is 15.3. The number of benzene rings is 1. The summed E-state index contributed by atoms with van der Waals surface area (Å²) < 4.78 is 5.15. The maximum atomic E-state index is 11.5. The number of hydrogen-bond acceptors (Lipinski definition) is 3. The van der Waals surface area contributed by atoms with E-state index in [0.717, 1.165) is 5.56 Å². The molecule has 0 aromatic heterocycles. The first-order chi connectivity index (χ1) is 8.73. The van der Waals surface area contributed by atoms with Crippen LogP contribution in [0.5, 0.6) is 0 Å². The number of nitrogens with zero attached hydrogens (tertiary/aromatic N) is 1. The molecule has 0 spiro atoms. The van der Waals surface area contributed by atoms with Gasteiger partial charge in [-0.15, -0.1) is 0 Å². The maximum Gasteiger partial charge on any atom is 0.331 e. The number of ether oxygens (including phenoxy) is 1. The Bertz CT molecular complexity index is 563. The fraction of sp³-hybridized carbons (Fsp3) is 0.333. The Labute approximate surface area is 118 Å². The average molecular weight is 278 g/mol. The fourth-order valence-electron chi connectivity index (χ4n) is 1.45. The first-order valence-corrected chi connectivity index (χ1v) is 6.22. The van der Waals surface area contributed by atoms with Crippen LogP contribution in [-0.2, 0) is 9.53 Å². The minimum absolute atomic E-state index is 0.425. The van der Waals surface area contributed by atoms with Crippen molar-refractivity contribution in [3.8, 4) is 6.07 Å². The molecule has 3 nitrogen and oxygen atoms in total. The topological polar surface area (TPSA) is 50.1 Å². The van der Waals surface area contributed by atoms with Crippen LogP contribution < -0.4 is 0 Å². The largest absolute Gasteiger partial charge is 0.457 e. The molecule has 19 heavy (non-hydrogen) atoms. The van der Waals surface area contributed by atoms with E-state index in [1.165, 1.54) is 6.08 Å². The van der Waals surface area contributed by atoms with E-state index in [4.69, 9.17) is 21.6 Å². The highest BCUT2D eigenvalue weighted by molar-refractivity contribution is 6.32. The third-order valence-electron chi connectivity index (χ3n) is 2.27. The second-order valence-electron chi connectivity index (χ2n) is 5.17. The van der Waals surface area contributed by atoms with Crippen molar-refractivity contribution in [2.75, 3.05) is 0 Å². The van der Waals surface area contributed by atoms with Crippen LogP contribution in [0.3, 0.4) is 0 Å². The van der Waals surface area contributed by atoms with Gasteiger partial charge in [0.15, 0.2) is 0 Å². The third kappa shape index (κ3) is 4.76. The Balaban J connectivity index is 2.92. The van der Waals surface area contributed by atoms with E-state index in [1.807, 2.05) is 6.92 Å². The zero-order valence-corrected chi connectivity index (χ0v) is 12.2. The second kappa shape index (κ2) is 5.90. The van der Waals surface area contributed by atoms with Crippen molar-refractivity contribution in [2.45, 2.75) is 33.3 Å². The maximum absolute atomic E-state index is 11.5. The molecular weight excluding hydrogens is 262 g/mol. The normalized spacial score (nSPS) is 11.4. The van der Waals surface area contributed by atoms with Crippen LogP contribution in [0.25, 0.3) is 6.08 Å². The van der Waals surface area contributed by atoms with Crippen molar-refractivity contribution in [2.24, 2.45) is 0 Å². The summed E-state index contributed by atoms with van der Waals surface area (Å²) in [5.41, 5.74) is 1.50. The Morgan fingerprint density at radius 2 is 2.05 bits per heavy atom. The fourth-order valence-corrected chi connectivity index (χ4v) is 1.67. The van der Waals surface area contributed by atoms with Crippen LogP contribution in [0.15, 0.2) is 18.2 Å². The van der Waals surface area contributed by atoms with Crippen LogP contribution in [0.1, 0.15) is 37.5 Å². The molecule has 0 unspecified atom stereocenters. The Morgan fingerprint density at radius 3 is 2.58 bits per heavy atom. The zero-order chi connectivity index (χ0) is 14.6. The van der Waals surface area contributed by atoms with E-state index in [2.05, 4.69) is 6.07 Å². The van der Waals surface area contributed by atoms with E-state index < -0.39 is 11.6 Å². The van der Waals surface area contributed by atoms with Crippen molar-refractivity contribution in [1.29, 1.82) is 5.26 Å². The Morgan fingerprint density at radius 1 is 1.42 bits per heavy atom. The lowest BCUT2D eigenvalue weighted by molar-refractivity contribution is -0.148. The molecule has 0 atom stereocenters. The molecule has 0 saturated carbocycles. The van der Waals surface area contributed by atoms with Gasteiger partial charge in [0.2, 0.25) is 0 Å². The molecule has 0 bridgehead atoms. The molecule has 100 valence electrons. The summed E-state index contributed by atoms with van der Waals surface area (Å²) in [6, 6.07) is 5.41. The number of halogens is 1. The van der Waals surface area contributed by atoms with Gasteiger partial charge in [0.05, 0.1) is 11.6 Å². The molecule has 1 aromatic carbocycles. The summed E-state index contributed by atoms with van der Waals surface area (Å²) in [5.74, 6) is -0.425. The van der Waals surface area contributed by atoms with Crippen LogP contribution in [0.4, 0.5) is 0 Å². The highest BCUT2D eigenvalue weighted by atomic mass is 35.5. The summed E-state index contributed by atoms with van der Waals surface area (Å²) in [6.45, 7) is 7.23. The van der Waals surface area contributed by atoms with Crippen molar-refractivity contribution in [3.63, 3.8) is 0 Å². The molecule has 0 heterocycles. The molecule has 0 aliphatic rings. The summed E-state index contributed by atoms with van der Waals surface area (Å²) in [4.78, 5) is 11.5. The van der Waals surface area contributed by atoms with E-state index in [0.29, 0.717) is 16.1 Å². The van der Waals surface area contributed by atoms with Crippen LogP contribution in [0.2, 0.25) is 5.02 Å². The Hall–Kier alpha value is -1.79. The second-order valence-corrected chi connectivity index (χ2v) is 5.57. The Kier molecular flexibility index (Phi) is 4.74. The quantitative estimate of drug-likeness (QED) is 0.609. The monoisotopic (exact) mass is 277 g/mol. The van der Waals surface area contributed by atoms with Gasteiger partial charge in [0.25, 0.3) is 0 Å². The highest BCUT2D eigenvalue weighted by Crippen LogP contribution is 2.22. The third-order valence-corrected chi connectivity index (χ3v) is 2.60. The van der Waals surface area contributed by atoms with Gasteiger partial charge in [-0.05, 0) is 57.0 Å². The number of aryl methyl sites for hydroxylation is 1. The summed E-state index contributed by atoms with van der Waals surface area (Å²) in [7, 11) is 0. The lowest BCUT2D eigenvalue weighted by Gasteiger charge is -2.17. The standard InChI is InChI=1S/C15H16ClNO2/c1-10-7-11(13(16)8-12(10)9-17)5-6-14(18)19-15(2,3)4/h5-8H,1-4H3/b6-5+. The number of hydrogen-bond donors (Lipinski definition) is 0. The van der Waals surface area contributed by atoms with Crippen molar-refractivity contribution in [3.05, 3.63) is 39.9 Å². The van der Waals surface area contributed by atoms with Gasteiger partial charge in [-0.2, -0.15) is 5.26 Å². The summed E-state index contributed by atoms with van der Waals surface area (Å²) in [6.07, 6.45) is 2.92. The molecule has 0 radical (unpaired) electrons. The molecule has 0 saturated heterocycles. The van der Waals surface area contributed by atoms with Gasteiger partial charge in [0.1, 0.15) is 5.60 Å². The minimum Gasteiger partial charge on any atom is -0.457 e. The molecule has 4 heteroatoms. The molecule has 0 aliphatic carbocycles. The number of carbonyl (C=O) groups is 1. The van der Waals surface area contributed by atoms with Gasteiger partial charge >= 0.3 is 5.97 Å². The van der Waals surface area contributed by atoms with E-state index in [-0.39, 0.29) is 0 Å². The predicted molar refractivity (Wildman–Crippen MR) is 75.8 cm³/mol. The van der Waals surface area contributed by atoms with E-state index in [1.54, 1.807) is 39.0 Å². The summed E-state index contributed by atoms with van der Waals surface area (Å²) in [5, 5.41) is 9.31. The van der Waals surface area contributed by atoms with Gasteiger partial charge < -0.3 is 4.74 Å². The van der Waals surface area contributed by atoms with Crippen molar-refractivity contribution >= 4 is 23.6 Å². The lowest BCUT2D eigenvalue weighted by Crippen LogP contribution is -2.22. The molecule has 0 N–H and O–H groups in total. The predicted octanol–water partition coefficient (Wildman–Crippen LogP) is 3.88. The molecule has 1 aromatic rings. The SMILES string of the molecule is Cc1cc(/C=C/C(=O)OC(C)(C)C)c(Cl)cc1C#N. The van der Waals surface area contributed by atoms with E-state index >= 15 is 0 Å². The number of esters is 1. The van der Waals surface area contributed by atoms with Gasteiger partial charge in [-0.1, -0.05) is 11.6 Å². The van der Waals surface area contributed by atoms with Crippen LogP contribution >= 0.6 is 11.6 Å². The highest BCUT2D eigenvalue weighted by Gasteiger charge is 2.14. The van der Waals surface area contributed by atoms with Crippen LogP contribution in [-0.4, -0.2) is 11.6 Å². The zero-order valence-electron chi connectivity index (χ0n) is 11.5. The average Bonchev–Trinajstić information content (AvgIpc) is 2.27. The van der Waals surface area contributed by atoms with Gasteiger partial charge in [-0.25, -0.2) is 4.79 Å². The van der Waals surface area contributed by atoms with Gasteiger partial charge in [0, 0.05) is 11.1 Å². The minimum atomic E-state index is -0.522. The van der Waals surface area contributed by atoms with Gasteiger partial charge in [-0.3, -0.25) is 0 Å². The molecule has 0 amide bonds. The van der Waals surface area contributed by atoms with Crippen molar-refractivity contribution < 1.29 is 9.53 Å². The molecular formula is C15H16ClNO2. The molecule has 0 aliphatic heterocycles. The van der Waals surface area contributed by atoms with Crippen LogP contribution in [0, 0.1) is 18.3 Å². The number of carbonyl (C=O) groups excluding carboxylic acids is 1. The smallest absolute Gasteiger partial charge is 0.331 e. The van der Waals surface area contributed by atoms with Crippen molar-refractivity contribution in [1.82, 2.24) is 0 Å². The first-order valence-electron chi connectivity index (χ1n) is 5.84.